The maximum atomic E-state index is 13.9. The Morgan fingerprint density at radius 1 is 1.32 bits per heavy atom. The number of aromatic nitrogens is 1. The summed E-state index contributed by atoms with van der Waals surface area (Å²) in [5.41, 5.74) is 1.03. The number of hydrogen-bond donors (Lipinski definition) is 1. The van der Waals surface area contributed by atoms with Gasteiger partial charge < -0.3 is 5.32 Å². The Balaban J connectivity index is 2.35. The highest BCUT2D eigenvalue weighted by atomic mass is 32.1. The fourth-order valence-electron chi connectivity index (χ4n) is 1.87. The number of benzene rings is 1. The summed E-state index contributed by atoms with van der Waals surface area (Å²) in [7, 11) is 1.88. The lowest BCUT2D eigenvalue weighted by atomic mass is 10.1. The van der Waals surface area contributed by atoms with Crippen LogP contribution in [0.4, 0.5) is 8.78 Å². The van der Waals surface area contributed by atoms with Crippen LogP contribution in [-0.4, -0.2) is 18.6 Å². The minimum atomic E-state index is -0.433. The second kappa shape index (κ2) is 5.75. The molecule has 1 N–H and O–H groups in total. The molecule has 0 aliphatic carbocycles. The van der Waals surface area contributed by atoms with Crippen molar-refractivity contribution in [2.45, 2.75) is 19.8 Å². The molecule has 0 spiro atoms. The molecule has 0 aliphatic rings. The molecule has 5 heteroatoms. The predicted octanol–water partition coefficient (Wildman–Crippen LogP) is 3.72. The van der Waals surface area contributed by atoms with E-state index in [9.17, 15) is 8.78 Å². The summed E-state index contributed by atoms with van der Waals surface area (Å²) in [6.45, 7) is 4.40. The number of halogens is 2. The number of thiazole rings is 1. The van der Waals surface area contributed by atoms with Gasteiger partial charge in [-0.1, -0.05) is 6.92 Å². The van der Waals surface area contributed by atoms with Crippen LogP contribution in [0.1, 0.15) is 23.4 Å². The highest BCUT2D eigenvalue weighted by molar-refractivity contribution is 7.10. The summed E-state index contributed by atoms with van der Waals surface area (Å²) in [5, 5.41) is 5.77. The monoisotopic (exact) mass is 282 g/mol. The van der Waals surface area contributed by atoms with Crippen molar-refractivity contribution in [1.29, 1.82) is 0 Å². The molecule has 0 amide bonds. The number of aryl methyl sites for hydroxylation is 1. The number of nitrogens with one attached hydrogen (secondary N) is 1. The Labute approximate surface area is 115 Å². The Morgan fingerprint density at radius 3 is 2.74 bits per heavy atom. The molecule has 102 valence electrons. The van der Waals surface area contributed by atoms with Crippen molar-refractivity contribution in [1.82, 2.24) is 10.3 Å². The van der Waals surface area contributed by atoms with Crippen LogP contribution in [0.15, 0.2) is 17.5 Å². The van der Waals surface area contributed by atoms with Gasteiger partial charge in [0.2, 0.25) is 0 Å². The smallest absolute Gasteiger partial charge is 0.133 e. The maximum absolute atomic E-state index is 13.9. The summed E-state index contributed by atoms with van der Waals surface area (Å²) >= 11 is 1.47. The van der Waals surface area contributed by atoms with Crippen LogP contribution in [0.25, 0.3) is 11.3 Å². The molecule has 0 saturated heterocycles. The normalized spacial score (nSPS) is 12.7. The molecule has 0 fully saturated rings. The number of likely N-dealkylation sites (N-methyl/N-ethyl adjacent to an activating group) is 1. The second-order valence-electron chi connectivity index (χ2n) is 4.61. The summed E-state index contributed by atoms with van der Waals surface area (Å²) in [6, 6.07) is 2.42. The Kier molecular flexibility index (Phi) is 4.27. The molecule has 1 atom stereocenters. The van der Waals surface area contributed by atoms with Crippen LogP contribution in [0.3, 0.4) is 0 Å². The maximum Gasteiger partial charge on any atom is 0.133 e. The van der Waals surface area contributed by atoms with Gasteiger partial charge in [0, 0.05) is 23.4 Å². The molecule has 0 aliphatic heterocycles. The standard InChI is InChI=1S/C14H16F2N2S/c1-8-4-12(16)10(5-11(8)15)13-7-19-14(18-13)9(2)6-17-3/h4-5,7,9,17H,6H2,1-3H3. The molecule has 1 heterocycles. The molecular formula is C14H16F2N2S. The summed E-state index contributed by atoms with van der Waals surface area (Å²) in [5.74, 6) is -0.589. The van der Waals surface area contributed by atoms with Gasteiger partial charge in [0.05, 0.1) is 10.7 Å². The largest absolute Gasteiger partial charge is 0.319 e. The van der Waals surface area contributed by atoms with Crippen LogP contribution in [0, 0.1) is 18.6 Å². The topological polar surface area (TPSA) is 24.9 Å². The summed E-state index contributed by atoms with van der Waals surface area (Å²) in [4.78, 5) is 4.40. The molecular weight excluding hydrogens is 266 g/mol. The van der Waals surface area contributed by atoms with E-state index >= 15 is 0 Å². The van der Waals surface area contributed by atoms with E-state index < -0.39 is 11.6 Å². The van der Waals surface area contributed by atoms with Gasteiger partial charge in [0.1, 0.15) is 11.6 Å². The number of hydrogen-bond acceptors (Lipinski definition) is 3. The van der Waals surface area contributed by atoms with Crippen LogP contribution < -0.4 is 5.32 Å². The minimum absolute atomic E-state index is 0.224. The highest BCUT2D eigenvalue weighted by Gasteiger charge is 2.15. The van der Waals surface area contributed by atoms with E-state index in [1.54, 1.807) is 12.3 Å². The molecule has 2 rings (SSSR count). The van der Waals surface area contributed by atoms with Gasteiger partial charge in [-0.15, -0.1) is 11.3 Å². The van der Waals surface area contributed by atoms with Crippen molar-refractivity contribution in [3.63, 3.8) is 0 Å². The van der Waals surface area contributed by atoms with Crippen molar-refractivity contribution in [2.24, 2.45) is 0 Å². The fourth-order valence-corrected chi connectivity index (χ4v) is 2.75. The first-order chi connectivity index (χ1) is 9.02. The Morgan fingerprint density at radius 2 is 2.05 bits per heavy atom. The van der Waals surface area contributed by atoms with E-state index in [0.29, 0.717) is 11.3 Å². The van der Waals surface area contributed by atoms with Crippen molar-refractivity contribution >= 4 is 11.3 Å². The molecule has 0 radical (unpaired) electrons. The van der Waals surface area contributed by atoms with E-state index in [-0.39, 0.29) is 11.5 Å². The van der Waals surface area contributed by atoms with E-state index in [0.717, 1.165) is 11.6 Å². The molecule has 0 saturated carbocycles. The van der Waals surface area contributed by atoms with E-state index in [2.05, 4.69) is 10.3 Å². The third-order valence-electron chi connectivity index (χ3n) is 2.98. The molecule has 19 heavy (non-hydrogen) atoms. The van der Waals surface area contributed by atoms with E-state index in [4.69, 9.17) is 0 Å². The van der Waals surface area contributed by atoms with Crippen LogP contribution in [0.2, 0.25) is 0 Å². The Hall–Kier alpha value is -1.33. The van der Waals surface area contributed by atoms with Gasteiger partial charge in [0.25, 0.3) is 0 Å². The third-order valence-corrected chi connectivity index (χ3v) is 4.05. The third kappa shape index (κ3) is 2.98. The van der Waals surface area contributed by atoms with Gasteiger partial charge in [-0.2, -0.15) is 0 Å². The molecule has 1 unspecified atom stereocenters. The van der Waals surface area contributed by atoms with Crippen LogP contribution in [0.5, 0.6) is 0 Å². The average Bonchev–Trinajstić information content (AvgIpc) is 2.83. The lowest BCUT2D eigenvalue weighted by Gasteiger charge is -2.06. The van der Waals surface area contributed by atoms with Crippen molar-refractivity contribution in [3.8, 4) is 11.3 Å². The van der Waals surface area contributed by atoms with Gasteiger partial charge in [-0.05, 0) is 31.7 Å². The van der Waals surface area contributed by atoms with Gasteiger partial charge in [-0.3, -0.25) is 0 Å². The molecule has 1 aromatic carbocycles. The van der Waals surface area contributed by atoms with E-state index in [1.807, 2.05) is 14.0 Å². The molecule has 2 nitrogen and oxygen atoms in total. The van der Waals surface area contributed by atoms with Crippen LogP contribution in [-0.2, 0) is 0 Å². The van der Waals surface area contributed by atoms with E-state index in [1.165, 1.54) is 23.5 Å². The lowest BCUT2D eigenvalue weighted by Crippen LogP contribution is -2.14. The fraction of sp³-hybridized carbons (Fsp3) is 0.357. The van der Waals surface area contributed by atoms with Gasteiger partial charge >= 0.3 is 0 Å². The van der Waals surface area contributed by atoms with Crippen molar-refractivity contribution in [3.05, 3.63) is 39.7 Å². The van der Waals surface area contributed by atoms with Crippen LogP contribution >= 0.6 is 11.3 Å². The summed E-state index contributed by atoms with van der Waals surface area (Å²) in [6.07, 6.45) is 0. The SMILES string of the molecule is CNCC(C)c1nc(-c2cc(F)c(C)cc2F)cs1. The first kappa shape index (κ1) is 14.1. The first-order valence-electron chi connectivity index (χ1n) is 6.09. The first-order valence-corrected chi connectivity index (χ1v) is 6.97. The summed E-state index contributed by atoms with van der Waals surface area (Å²) < 4.78 is 27.4. The lowest BCUT2D eigenvalue weighted by molar-refractivity contribution is 0.594. The number of rotatable bonds is 4. The Bertz CT molecular complexity index is 581. The molecule has 2 aromatic rings. The highest BCUT2D eigenvalue weighted by Crippen LogP contribution is 2.29. The zero-order chi connectivity index (χ0) is 14.0. The predicted molar refractivity (Wildman–Crippen MR) is 74.5 cm³/mol. The molecule has 1 aromatic heterocycles. The zero-order valence-corrected chi connectivity index (χ0v) is 11.9. The van der Waals surface area contributed by atoms with Gasteiger partial charge in [0.15, 0.2) is 0 Å². The number of nitrogens with zero attached hydrogens (tertiary/aromatic N) is 1. The minimum Gasteiger partial charge on any atom is -0.319 e. The van der Waals surface area contributed by atoms with Crippen molar-refractivity contribution < 1.29 is 8.78 Å². The second-order valence-corrected chi connectivity index (χ2v) is 5.50. The average molecular weight is 282 g/mol. The van der Waals surface area contributed by atoms with Crippen molar-refractivity contribution in [2.75, 3.05) is 13.6 Å². The van der Waals surface area contributed by atoms with Gasteiger partial charge in [-0.25, -0.2) is 13.8 Å². The zero-order valence-electron chi connectivity index (χ0n) is 11.1. The quantitative estimate of drug-likeness (QED) is 0.924. The molecule has 0 bridgehead atoms.